The molecule has 0 saturated carbocycles. The summed E-state index contributed by atoms with van der Waals surface area (Å²) < 4.78 is 43.3. The van der Waals surface area contributed by atoms with Crippen LogP contribution in [0.25, 0.3) is 0 Å². The summed E-state index contributed by atoms with van der Waals surface area (Å²) in [5.41, 5.74) is 0. The molecule has 7 nitrogen and oxygen atoms in total. The zero-order valence-electron chi connectivity index (χ0n) is 33.6. The largest absolute Gasteiger partial charge is 1.00 e. The molecule has 0 aliphatic carbocycles. The Labute approximate surface area is 327 Å². The van der Waals surface area contributed by atoms with Crippen LogP contribution in [0, 0.1) is 0 Å². The Morgan fingerprint density at radius 2 is 0.714 bits per heavy atom. The van der Waals surface area contributed by atoms with Gasteiger partial charge >= 0.3 is 41.5 Å². The van der Waals surface area contributed by atoms with Crippen molar-refractivity contribution >= 4 is 22.1 Å². The van der Waals surface area contributed by atoms with Gasteiger partial charge in [0.2, 0.25) is 0 Å². The maximum atomic E-state index is 12.3. The molecule has 1 unspecified atom stereocenters. The van der Waals surface area contributed by atoms with Crippen LogP contribution in [0.4, 0.5) is 0 Å². The van der Waals surface area contributed by atoms with E-state index in [-0.39, 0.29) is 44.2 Å². The molecule has 0 aromatic carbocycles. The Morgan fingerprint density at radius 1 is 0.469 bits per heavy atom. The summed E-state index contributed by atoms with van der Waals surface area (Å²) in [7, 11) is -4.77. The normalized spacial score (nSPS) is 12.1. The molecule has 0 aliphatic rings. The number of hydrogen-bond acceptors (Lipinski definition) is 6. The molecule has 0 spiro atoms. The molecule has 0 heterocycles. The van der Waals surface area contributed by atoms with Gasteiger partial charge in [0.15, 0.2) is 5.25 Å². The Balaban J connectivity index is -0.0000110. The smallest absolute Gasteiger partial charge is 1.00 e. The average Bonchev–Trinajstić information content (AvgIpc) is 3.05. The van der Waals surface area contributed by atoms with E-state index in [2.05, 4.69) is 13.8 Å². The minimum absolute atomic E-state index is 0. The number of esters is 2. The van der Waals surface area contributed by atoms with Crippen molar-refractivity contribution in [2.75, 3.05) is 13.2 Å². The standard InChI is InChI=1S/C40H78O7S.Na.H/c1-3-5-7-9-11-13-15-17-19-21-23-25-27-29-31-33-35-46-39(41)37-38(48(43,44)45)40(42)47-36-34-32-30-28-26-24-22-20-18-16-14-12-10-8-6-4-2;;/h38H,3-37H2,1-2H3,(H,43,44,45);;/q;+1;-1. The van der Waals surface area contributed by atoms with Gasteiger partial charge in [0, 0.05) is 0 Å². The number of carbonyl (C=O) groups excluding carboxylic acids is 2. The van der Waals surface area contributed by atoms with E-state index >= 15 is 0 Å². The Morgan fingerprint density at radius 3 is 0.980 bits per heavy atom. The van der Waals surface area contributed by atoms with Crippen molar-refractivity contribution < 1.29 is 63.0 Å². The number of ether oxygens (including phenoxy) is 2. The van der Waals surface area contributed by atoms with Crippen LogP contribution in [0.15, 0.2) is 0 Å². The molecule has 0 aliphatic heterocycles. The van der Waals surface area contributed by atoms with Crippen LogP contribution in [-0.4, -0.2) is 43.4 Å². The van der Waals surface area contributed by atoms with Gasteiger partial charge < -0.3 is 10.9 Å². The minimum atomic E-state index is -4.77. The first-order valence-electron chi connectivity index (χ1n) is 20.6. The van der Waals surface area contributed by atoms with Crippen LogP contribution in [0.1, 0.15) is 227 Å². The molecule has 0 radical (unpaired) electrons. The molecular formula is C40H79NaO7S. The minimum Gasteiger partial charge on any atom is -1.00 e. The van der Waals surface area contributed by atoms with Crippen molar-refractivity contribution in [1.29, 1.82) is 0 Å². The molecule has 1 N–H and O–H groups in total. The molecule has 288 valence electrons. The summed E-state index contributed by atoms with van der Waals surface area (Å²) in [6.07, 6.45) is 39.0. The molecular weight excluding hydrogens is 647 g/mol. The van der Waals surface area contributed by atoms with Crippen LogP contribution < -0.4 is 29.6 Å². The third-order valence-corrected chi connectivity index (χ3v) is 10.6. The average molecular weight is 727 g/mol. The van der Waals surface area contributed by atoms with Crippen LogP contribution in [-0.2, 0) is 29.2 Å². The zero-order valence-corrected chi connectivity index (χ0v) is 35.4. The van der Waals surface area contributed by atoms with Gasteiger partial charge in [-0.25, -0.2) is 0 Å². The third kappa shape index (κ3) is 37.4. The second-order valence-corrected chi connectivity index (χ2v) is 15.8. The maximum Gasteiger partial charge on any atom is 1.00 e. The number of rotatable bonds is 38. The van der Waals surface area contributed by atoms with E-state index in [0.29, 0.717) is 12.8 Å². The fraction of sp³-hybridized carbons (Fsp3) is 0.950. The Bertz CT molecular complexity index is 829. The van der Waals surface area contributed by atoms with Crippen LogP contribution >= 0.6 is 0 Å². The van der Waals surface area contributed by atoms with Crippen molar-refractivity contribution in [1.82, 2.24) is 0 Å². The van der Waals surface area contributed by atoms with Gasteiger partial charge in [-0.15, -0.1) is 0 Å². The van der Waals surface area contributed by atoms with E-state index in [9.17, 15) is 22.6 Å². The summed E-state index contributed by atoms with van der Waals surface area (Å²) in [6.45, 7) is 4.78. The molecule has 9 heteroatoms. The van der Waals surface area contributed by atoms with Crippen LogP contribution in [0.2, 0.25) is 0 Å². The third-order valence-electron chi connectivity index (χ3n) is 9.48. The summed E-state index contributed by atoms with van der Waals surface area (Å²) in [5, 5.41) is -1.93. The van der Waals surface area contributed by atoms with Crippen molar-refractivity contribution in [3.63, 3.8) is 0 Å². The number of unbranched alkanes of at least 4 members (excludes halogenated alkanes) is 30. The first kappa shape index (κ1) is 51.0. The summed E-state index contributed by atoms with van der Waals surface area (Å²) in [4.78, 5) is 24.5. The predicted octanol–water partition coefficient (Wildman–Crippen LogP) is 9.36. The van der Waals surface area contributed by atoms with Gasteiger partial charge in [-0.05, 0) is 12.8 Å². The monoisotopic (exact) mass is 727 g/mol. The van der Waals surface area contributed by atoms with E-state index in [1.165, 1.54) is 161 Å². The first-order valence-corrected chi connectivity index (χ1v) is 22.1. The Hall–Kier alpha value is -0.150. The van der Waals surface area contributed by atoms with Gasteiger partial charge in [-0.2, -0.15) is 8.42 Å². The molecule has 0 fully saturated rings. The summed E-state index contributed by atoms with van der Waals surface area (Å²) in [6, 6.07) is 0. The molecule has 0 aromatic rings. The van der Waals surface area contributed by atoms with Gasteiger partial charge in [0.05, 0.1) is 19.6 Å². The van der Waals surface area contributed by atoms with Gasteiger partial charge in [0.25, 0.3) is 10.1 Å². The van der Waals surface area contributed by atoms with Gasteiger partial charge in [0.1, 0.15) is 0 Å². The fourth-order valence-corrected chi connectivity index (χ4v) is 6.93. The molecule has 0 aromatic heterocycles. The van der Waals surface area contributed by atoms with E-state index < -0.39 is 33.7 Å². The van der Waals surface area contributed by atoms with E-state index in [1.807, 2.05) is 0 Å². The van der Waals surface area contributed by atoms with Gasteiger partial charge in [-0.3, -0.25) is 14.1 Å². The number of carbonyl (C=O) groups is 2. The molecule has 1 atom stereocenters. The topological polar surface area (TPSA) is 107 Å². The van der Waals surface area contributed by atoms with E-state index in [1.54, 1.807) is 0 Å². The summed E-state index contributed by atoms with van der Waals surface area (Å²) >= 11 is 0. The second-order valence-electron chi connectivity index (χ2n) is 14.2. The van der Waals surface area contributed by atoms with Gasteiger partial charge in [-0.1, -0.05) is 206 Å². The molecule has 0 amide bonds. The fourth-order valence-electron chi connectivity index (χ4n) is 6.27. The molecule has 0 rings (SSSR count). The van der Waals surface area contributed by atoms with E-state index in [4.69, 9.17) is 9.47 Å². The first-order chi connectivity index (χ1) is 23.3. The second kappa shape index (κ2) is 39.1. The quantitative estimate of drug-likeness (QED) is 0.0293. The van der Waals surface area contributed by atoms with Crippen LogP contribution in [0.3, 0.4) is 0 Å². The van der Waals surface area contributed by atoms with Crippen molar-refractivity contribution in [3.05, 3.63) is 0 Å². The molecule has 49 heavy (non-hydrogen) atoms. The SMILES string of the molecule is CCCCCCCCCCCCCCCCCCOC(=O)CC(C(=O)OCCCCCCCCCCCCCCCCCC)S(=O)(=O)O.[H-].[Na+]. The van der Waals surface area contributed by atoms with Crippen molar-refractivity contribution in [2.45, 2.75) is 231 Å². The van der Waals surface area contributed by atoms with Crippen molar-refractivity contribution in [3.8, 4) is 0 Å². The summed E-state index contributed by atoms with van der Waals surface area (Å²) in [5.74, 6) is -1.89. The van der Waals surface area contributed by atoms with Crippen LogP contribution in [0.5, 0.6) is 0 Å². The number of hydrogen-bond donors (Lipinski definition) is 1. The zero-order chi connectivity index (χ0) is 35.4. The molecule has 0 saturated heterocycles. The maximum absolute atomic E-state index is 12.3. The Kier molecular flexibility index (Phi) is 40.6. The predicted molar refractivity (Wildman–Crippen MR) is 202 cm³/mol. The van der Waals surface area contributed by atoms with Crippen molar-refractivity contribution in [2.24, 2.45) is 0 Å². The molecule has 0 bridgehead atoms. The van der Waals surface area contributed by atoms with E-state index in [0.717, 1.165) is 32.1 Å².